The molecule has 0 radical (unpaired) electrons. The first-order valence-corrected chi connectivity index (χ1v) is 13.5. The number of likely N-dealkylation sites (N-methyl/N-ethyl adjacent to an activating group) is 1. The molecule has 0 bridgehead atoms. The summed E-state index contributed by atoms with van der Waals surface area (Å²) in [5.74, 6) is -0.706. The van der Waals surface area contributed by atoms with Gasteiger partial charge in [-0.3, -0.25) is 14.4 Å². The van der Waals surface area contributed by atoms with Gasteiger partial charge < -0.3 is 26.6 Å². The zero-order valence-electron chi connectivity index (χ0n) is 23.1. The number of aryl methyl sites for hydroxylation is 1. The molecule has 3 amide bonds. The minimum atomic E-state index is -0.799. The Labute approximate surface area is 225 Å². The average Bonchev–Trinajstić information content (AvgIpc) is 2.89. The van der Waals surface area contributed by atoms with Gasteiger partial charge in [0.15, 0.2) is 0 Å². The summed E-state index contributed by atoms with van der Waals surface area (Å²) in [4.78, 5) is 42.5. The predicted molar refractivity (Wildman–Crippen MR) is 149 cm³/mol. The van der Waals surface area contributed by atoms with E-state index in [0.29, 0.717) is 12.1 Å². The summed E-state index contributed by atoms with van der Waals surface area (Å²) in [6.45, 7) is 7.79. The molecule has 0 spiro atoms. The molecule has 0 aromatic heterocycles. The summed E-state index contributed by atoms with van der Waals surface area (Å²) in [6, 6.07) is 11.8. The Bertz CT molecular complexity index is 1200. The summed E-state index contributed by atoms with van der Waals surface area (Å²) in [5.41, 5.74) is 10.5. The second-order valence-corrected chi connectivity index (χ2v) is 11.7. The van der Waals surface area contributed by atoms with E-state index in [1.807, 2.05) is 51.1 Å². The topological polar surface area (TPSA) is 117 Å². The molecule has 0 fully saturated rings. The van der Waals surface area contributed by atoms with Crippen molar-refractivity contribution in [2.45, 2.75) is 84.1 Å². The highest BCUT2D eigenvalue weighted by molar-refractivity contribution is 5.94. The van der Waals surface area contributed by atoms with Crippen LogP contribution >= 0.6 is 0 Å². The summed E-state index contributed by atoms with van der Waals surface area (Å²) in [6.07, 6.45) is 3.22. The van der Waals surface area contributed by atoms with Gasteiger partial charge in [0.1, 0.15) is 12.1 Å². The maximum absolute atomic E-state index is 14.2. The number of nitrogens with two attached hydrogens (primary N) is 1. The Balaban J connectivity index is 1.65. The molecule has 1 heterocycles. The highest BCUT2D eigenvalue weighted by Gasteiger charge is 2.42. The van der Waals surface area contributed by atoms with Crippen LogP contribution in [0.15, 0.2) is 42.5 Å². The zero-order valence-corrected chi connectivity index (χ0v) is 23.1. The second-order valence-electron chi connectivity index (χ2n) is 11.7. The summed E-state index contributed by atoms with van der Waals surface area (Å²) < 4.78 is 0. The van der Waals surface area contributed by atoms with Crippen LogP contribution in [0.4, 0.5) is 5.69 Å². The Morgan fingerprint density at radius 1 is 1.05 bits per heavy atom. The summed E-state index contributed by atoms with van der Waals surface area (Å²) >= 11 is 0. The van der Waals surface area contributed by atoms with Gasteiger partial charge in [0.2, 0.25) is 17.7 Å². The number of benzene rings is 2. The first kappa shape index (κ1) is 27.6. The predicted octanol–water partition coefficient (Wildman–Crippen LogP) is 2.85. The number of carbonyl (C=O) groups is 3. The molecule has 8 nitrogen and oxygen atoms in total. The van der Waals surface area contributed by atoms with Gasteiger partial charge in [-0.05, 0) is 73.0 Å². The second kappa shape index (κ2) is 11.2. The largest absolute Gasteiger partial charge is 0.399 e. The van der Waals surface area contributed by atoms with Gasteiger partial charge in [0.05, 0.1) is 12.1 Å². The standard InChI is InChI=1S/C30H41N5O3/c1-18(32-5)27(36)34-26(30(2,3)4)29(38)35-17-20-13-14-22(31)15-21(20)16-25(35)28(37)33-24-12-8-10-19-9-6-7-11-23(19)24/h6-7,9,11,13-15,18,24-26,32H,8,10,12,16-17,31H2,1-5H3,(H,33,37)(H,34,36)/t18-,24+,25-,26+/m0/s1. The fourth-order valence-electron chi connectivity index (χ4n) is 5.45. The van der Waals surface area contributed by atoms with E-state index in [4.69, 9.17) is 5.73 Å². The fraction of sp³-hybridized carbons (Fsp3) is 0.500. The van der Waals surface area contributed by atoms with E-state index in [1.54, 1.807) is 18.9 Å². The number of nitrogens with zero attached hydrogens (tertiary/aromatic N) is 1. The van der Waals surface area contributed by atoms with Crippen LogP contribution in [0.1, 0.15) is 68.8 Å². The molecule has 2 aromatic carbocycles. The van der Waals surface area contributed by atoms with Gasteiger partial charge in [-0.1, -0.05) is 51.1 Å². The van der Waals surface area contributed by atoms with Crippen LogP contribution in [-0.4, -0.2) is 47.8 Å². The van der Waals surface area contributed by atoms with Crippen molar-refractivity contribution >= 4 is 23.4 Å². The van der Waals surface area contributed by atoms with Gasteiger partial charge in [0.25, 0.3) is 0 Å². The fourth-order valence-corrected chi connectivity index (χ4v) is 5.45. The highest BCUT2D eigenvalue weighted by atomic mass is 16.2. The van der Waals surface area contributed by atoms with Crippen LogP contribution in [0.5, 0.6) is 0 Å². The first-order valence-electron chi connectivity index (χ1n) is 13.5. The SMILES string of the molecule is CN[C@@H](C)C(=O)N[C@H](C(=O)N1Cc2ccc(N)cc2C[C@H]1C(=O)N[C@@H]1CCCc2ccccc21)C(C)(C)C. The molecule has 0 saturated carbocycles. The molecule has 2 aliphatic rings. The number of anilines is 1. The molecular weight excluding hydrogens is 478 g/mol. The average molecular weight is 520 g/mol. The van der Waals surface area contributed by atoms with Crippen molar-refractivity contribution in [3.63, 3.8) is 0 Å². The Morgan fingerprint density at radius 3 is 2.50 bits per heavy atom. The van der Waals surface area contributed by atoms with Crippen LogP contribution in [0.2, 0.25) is 0 Å². The molecule has 0 unspecified atom stereocenters. The molecule has 38 heavy (non-hydrogen) atoms. The molecule has 1 aliphatic heterocycles. The van der Waals surface area contributed by atoms with Gasteiger partial charge in [-0.25, -0.2) is 0 Å². The van der Waals surface area contributed by atoms with Crippen LogP contribution in [0.25, 0.3) is 0 Å². The van der Waals surface area contributed by atoms with E-state index in [-0.39, 0.29) is 30.3 Å². The van der Waals surface area contributed by atoms with Crippen molar-refractivity contribution in [3.05, 3.63) is 64.7 Å². The lowest BCUT2D eigenvalue weighted by Crippen LogP contribution is -2.62. The summed E-state index contributed by atoms with van der Waals surface area (Å²) in [5, 5.41) is 9.13. The van der Waals surface area contributed by atoms with Crippen molar-refractivity contribution in [2.24, 2.45) is 5.41 Å². The smallest absolute Gasteiger partial charge is 0.246 e. The van der Waals surface area contributed by atoms with Crippen molar-refractivity contribution in [3.8, 4) is 0 Å². The van der Waals surface area contributed by atoms with Crippen LogP contribution in [-0.2, 0) is 33.8 Å². The van der Waals surface area contributed by atoms with E-state index in [9.17, 15) is 14.4 Å². The van der Waals surface area contributed by atoms with E-state index in [1.165, 1.54) is 5.56 Å². The number of rotatable bonds is 6. The number of nitrogens with one attached hydrogen (secondary N) is 3. The lowest BCUT2D eigenvalue weighted by atomic mass is 9.83. The maximum atomic E-state index is 14.2. The van der Waals surface area contributed by atoms with Gasteiger partial charge >= 0.3 is 0 Å². The van der Waals surface area contributed by atoms with Crippen molar-refractivity contribution in [1.29, 1.82) is 0 Å². The van der Waals surface area contributed by atoms with Crippen LogP contribution in [0.3, 0.4) is 0 Å². The van der Waals surface area contributed by atoms with Crippen LogP contribution in [0, 0.1) is 5.41 Å². The number of carbonyl (C=O) groups excluding carboxylic acids is 3. The summed E-state index contributed by atoms with van der Waals surface area (Å²) in [7, 11) is 1.70. The molecular formula is C30H41N5O3. The third kappa shape index (κ3) is 5.85. The molecule has 2 aromatic rings. The minimum Gasteiger partial charge on any atom is -0.399 e. The lowest BCUT2D eigenvalue weighted by molar-refractivity contribution is -0.147. The van der Waals surface area contributed by atoms with Crippen LogP contribution < -0.4 is 21.7 Å². The van der Waals surface area contributed by atoms with E-state index in [0.717, 1.165) is 36.0 Å². The number of hydrogen-bond acceptors (Lipinski definition) is 5. The van der Waals surface area contributed by atoms with Gasteiger partial charge in [0, 0.05) is 18.7 Å². The Hall–Kier alpha value is -3.39. The van der Waals surface area contributed by atoms with Crippen molar-refractivity contribution in [2.75, 3.05) is 12.8 Å². The molecule has 4 atom stereocenters. The zero-order chi connectivity index (χ0) is 27.6. The Morgan fingerprint density at radius 2 is 1.79 bits per heavy atom. The third-order valence-electron chi connectivity index (χ3n) is 7.86. The van der Waals surface area contributed by atoms with E-state index in [2.05, 4.69) is 28.1 Å². The number of amides is 3. The Kier molecular flexibility index (Phi) is 8.11. The lowest BCUT2D eigenvalue weighted by Gasteiger charge is -2.41. The number of nitrogen functional groups attached to an aromatic ring is 1. The monoisotopic (exact) mass is 519 g/mol. The first-order chi connectivity index (χ1) is 18.0. The number of fused-ring (bicyclic) bond motifs is 2. The normalized spacial score (nSPS) is 20.5. The van der Waals surface area contributed by atoms with Crippen molar-refractivity contribution < 1.29 is 14.4 Å². The minimum absolute atomic E-state index is 0.0961. The molecule has 5 N–H and O–H groups in total. The van der Waals surface area contributed by atoms with Gasteiger partial charge in [-0.2, -0.15) is 0 Å². The molecule has 4 rings (SSSR count). The van der Waals surface area contributed by atoms with E-state index < -0.39 is 23.5 Å². The third-order valence-corrected chi connectivity index (χ3v) is 7.86. The van der Waals surface area contributed by atoms with Gasteiger partial charge in [-0.15, -0.1) is 0 Å². The molecule has 8 heteroatoms. The van der Waals surface area contributed by atoms with Crippen molar-refractivity contribution in [1.82, 2.24) is 20.9 Å². The quantitative estimate of drug-likeness (QED) is 0.438. The van der Waals surface area contributed by atoms with E-state index >= 15 is 0 Å². The molecule has 1 aliphatic carbocycles. The molecule has 204 valence electrons. The number of hydrogen-bond donors (Lipinski definition) is 4. The molecule has 0 saturated heterocycles. The maximum Gasteiger partial charge on any atom is 0.246 e. The highest BCUT2D eigenvalue weighted by Crippen LogP contribution is 2.32.